The Hall–Kier alpha value is -1.26. The molecule has 0 spiro atoms. The molecule has 1 saturated heterocycles. The van der Waals surface area contributed by atoms with Gasteiger partial charge in [-0.25, -0.2) is 4.79 Å². The number of nitrogens with one attached hydrogen (secondary N) is 1. The number of fused-ring (bicyclic) bond motifs is 1. The fourth-order valence-corrected chi connectivity index (χ4v) is 3.21. The smallest absolute Gasteiger partial charge is 0.317 e. The minimum atomic E-state index is 0.0347. The second-order valence-electron chi connectivity index (χ2n) is 5.77. The minimum Gasteiger partial charge on any atom is -0.381 e. The van der Waals surface area contributed by atoms with Crippen molar-refractivity contribution in [2.75, 3.05) is 19.8 Å². The van der Waals surface area contributed by atoms with E-state index in [4.69, 9.17) is 16.3 Å². The molecule has 2 amide bonds. The Labute approximate surface area is 130 Å². The summed E-state index contributed by atoms with van der Waals surface area (Å²) in [6.45, 7) is 2.96. The van der Waals surface area contributed by atoms with Gasteiger partial charge < -0.3 is 15.0 Å². The Balaban J connectivity index is 1.61. The molecule has 0 radical (unpaired) electrons. The van der Waals surface area contributed by atoms with Gasteiger partial charge in [-0.2, -0.15) is 0 Å². The number of benzene rings is 1. The second kappa shape index (κ2) is 6.67. The molecular weight excluding hydrogens is 288 g/mol. The molecule has 21 heavy (non-hydrogen) atoms. The van der Waals surface area contributed by atoms with Crippen LogP contribution in [0.5, 0.6) is 0 Å². The highest BCUT2D eigenvalue weighted by atomic mass is 35.5. The van der Waals surface area contributed by atoms with Crippen molar-refractivity contribution in [2.45, 2.75) is 38.3 Å². The topological polar surface area (TPSA) is 41.6 Å². The van der Waals surface area contributed by atoms with E-state index in [9.17, 15) is 4.79 Å². The molecule has 114 valence electrons. The van der Waals surface area contributed by atoms with Gasteiger partial charge in [-0.1, -0.05) is 17.7 Å². The van der Waals surface area contributed by atoms with E-state index in [1.165, 1.54) is 5.56 Å². The average molecular weight is 309 g/mol. The number of urea groups is 1. The van der Waals surface area contributed by atoms with Crippen LogP contribution in [0.4, 0.5) is 4.79 Å². The number of carbonyl (C=O) groups is 1. The number of rotatable bonds is 1. The number of ether oxygens (including phenoxy) is 1. The van der Waals surface area contributed by atoms with Gasteiger partial charge in [0, 0.05) is 37.4 Å². The summed E-state index contributed by atoms with van der Waals surface area (Å²) in [5.41, 5.74) is 2.46. The highest BCUT2D eigenvalue weighted by molar-refractivity contribution is 6.30. The molecule has 4 nitrogen and oxygen atoms in total. The lowest BCUT2D eigenvalue weighted by Crippen LogP contribution is -2.46. The van der Waals surface area contributed by atoms with Crippen molar-refractivity contribution >= 4 is 17.6 Å². The van der Waals surface area contributed by atoms with Crippen molar-refractivity contribution in [3.8, 4) is 0 Å². The van der Waals surface area contributed by atoms with Crippen LogP contribution in [-0.2, 0) is 17.7 Å². The van der Waals surface area contributed by atoms with Crippen molar-refractivity contribution < 1.29 is 9.53 Å². The minimum absolute atomic E-state index is 0.0347. The van der Waals surface area contributed by atoms with Gasteiger partial charge in [0.05, 0.1) is 0 Å². The van der Waals surface area contributed by atoms with Crippen molar-refractivity contribution in [2.24, 2.45) is 0 Å². The molecule has 1 unspecified atom stereocenters. The summed E-state index contributed by atoms with van der Waals surface area (Å²) in [5, 5.41) is 3.88. The molecule has 3 rings (SSSR count). The highest BCUT2D eigenvalue weighted by Gasteiger charge is 2.23. The van der Waals surface area contributed by atoms with Gasteiger partial charge in [0.1, 0.15) is 0 Å². The number of hydrogen-bond acceptors (Lipinski definition) is 2. The van der Waals surface area contributed by atoms with Gasteiger partial charge >= 0.3 is 6.03 Å². The summed E-state index contributed by atoms with van der Waals surface area (Å²) >= 11 is 6.04. The van der Waals surface area contributed by atoms with Crippen molar-refractivity contribution in [1.82, 2.24) is 10.2 Å². The lowest BCUT2D eigenvalue weighted by molar-refractivity contribution is 0.142. The Kier molecular flexibility index (Phi) is 4.66. The molecule has 2 aliphatic heterocycles. The van der Waals surface area contributed by atoms with Crippen LogP contribution in [0.25, 0.3) is 0 Å². The van der Waals surface area contributed by atoms with E-state index in [1.54, 1.807) is 0 Å². The van der Waals surface area contributed by atoms with Crippen LogP contribution in [-0.4, -0.2) is 36.7 Å². The lowest BCUT2D eigenvalue weighted by Gasteiger charge is -2.30. The molecule has 0 aliphatic carbocycles. The summed E-state index contributed by atoms with van der Waals surface area (Å²) in [7, 11) is 0. The van der Waals surface area contributed by atoms with Crippen LogP contribution < -0.4 is 5.32 Å². The Bertz CT molecular complexity index is 513. The summed E-state index contributed by atoms with van der Waals surface area (Å²) in [6.07, 6.45) is 3.82. The number of hydrogen-bond donors (Lipinski definition) is 1. The maximum Gasteiger partial charge on any atom is 0.317 e. The molecule has 1 atom stereocenters. The molecular formula is C16H21ClN2O2. The zero-order valence-electron chi connectivity index (χ0n) is 12.1. The van der Waals surface area contributed by atoms with Crippen LogP contribution in [0, 0.1) is 0 Å². The SMILES string of the molecule is O=C(NC1CCCOCC1)N1CCc2ccc(Cl)cc2C1. The van der Waals surface area contributed by atoms with Gasteiger partial charge in [-0.15, -0.1) is 0 Å². The number of carbonyl (C=O) groups excluding carboxylic acids is 1. The number of amides is 2. The van der Waals surface area contributed by atoms with Gasteiger partial charge in [-0.3, -0.25) is 0 Å². The zero-order valence-corrected chi connectivity index (χ0v) is 12.9. The maximum absolute atomic E-state index is 12.4. The normalized spacial score (nSPS) is 22.3. The van der Waals surface area contributed by atoms with Crippen LogP contribution in [0.2, 0.25) is 5.02 Å². The van der Waals surface area contributed by atoms with Crippen molar-refractivity contribution in [1.29, 1.82) is 0 Å². The molecule has 0 saturated carbocycles. The van der Waals surface area contributed by atoms with Crippen LogP contribution in [0.3, 0.4) is 0 Å². The fourth-order valence-electron chi connectivity index (χ4n) is 3.01. The lowest BCUT2D eigenvalue weighted by atomic mass is 10.00. The van der Waals surface area contributed by atoms with Gasteiger partial charge in [0.25, 0.3) is 0 Å². The fraction of sp³-hybridized carbons (Fsp3) is 0.562. The van der Waals surface area contributed by atoms with Gasteiger partial charge in [0.2, 0.25) is 0 Å². The largest absolute Gasteiger partial charge is 0.381 e. The molecule has 2 aliphatic rings. The van der Waals surface area contributed by atoms with E-state index >= 15 is 0 Å². The highest BCUT2D eigenvalue weighted by Crippen LogP contribution is 2.22. The van der Waals surface area contributed by atoms with E-state index in [1.807, 2.05) is 17.0 Å². The average Bonchev–Trinajstić information content (AvgIpc) is 2.75. The molecule has 5 heteroatoms. The van der Waals surface area contributed by atoms with Crippen molar-refractivity contribution in [3.05, 3.63) is 34.3 Å². The molecule has 1 aromatic carbocycles. The molecule has 1 fully saturated rings. The first-order valence-corrected chi connectivity index (χ1v) is 8.00. The number of halogens is 1. The predicted octanol–water partition coefficient (Wildman–Crippen LogP) is 2.98. The molecule has 1 N–H and O–H groups in total. The van der Waals surface area contributed by atoms with Crippen LogP contribution in [0.15, 0.2) is 18.2 Å². The summed E-state index contributed by atoms with van der Waals surface area (Å²) < 4.78 is 5.43. The van der Waals surface area contributed by atoms with Crippen molar-refractivity contribution in [3.63, 3.8) is 0 Å². The zero-order chi connectivity index (χ0) is 14.7. The summed E-state index contributed by atoms with van der Waals surface area (Å²) in [4.78, 5) is 14.3. The third-order valence-electron chi connectivity index (χ3n) is 4.25. The second-order valence-corrected chi connectivity index (χ2v) is 6.21. The van der Waals surface area contributed by atoms with Gasteiger partial charge in [0.15, 0.2) is 0 Å². The van der Waals surface area contributed by atoms with E-state index in [2.05, 4.69) is 11.4 Å². The predicted molar refractivity (Wildman–Crippen MR) is 82.6 cm³/mol. The van der Waals surface area contributed by atoms with Crippen LogP contribution in [0.1, 0.15) is 30.4 Å². The number of nitrogens with zero attached hydrogens (tertiary/aromatic N) is 1. The first-order valence-electron chi connectivity index (χ1n) is 7.63. The standard InChI is InChI=1S/C16H21ClN2O2/c17-14-4-3-12-5-7-19(11-13(12)10-14)16(20)18-15-2-1-8-21-9-6-15/h3-4,10,15H,1-2,5-9,11H2,(H,18,20). The molecule has 2 heterocycles. The van der Waals surface area contributed by atoms with E-state index < -0.39 is 0 Å². The van der Waals surface area contributed by atoms with Crippen LogP contribution >= 0.6 is 11.6 Å². The third-order valence-corrected chi connectivity index (χ3v) is 4.48. The Morgan fingerprint density at radius 1 is 1.29 bits per heavy atom. The van der Waals surface area contributed by atoms with Gasteiger partial charge in [-0.05, 0) is 48.9 Å². The monoisotopic (exact) mass is 308 g/mol. The maximum atomic E-state index is 12.4. The summed E-state index contributed by atoms with van der Waals surface area (Å²) in [5.74, 6) is 0. The molecule has 0 aromatic heterocycles. The summed E-state index contributed by atoms with van der Waals surface area (Å²) in [6, 6.07) is 6.22. The quantitative estimate of drug-likeness (QED) is 0.866. The van der Waals surface area contributed by atoms with E-state index in [0.29, 0.717) is 6.54 Å². The third kappa shape index (κ3) is 3.69. The van der Waals surface area contributed by atoms with E-state index in [0.717, 1.165) is 56.0 Å². The molecule has 0 bridgehead atoms. The Morgan fingerprint density at radius 2 is 2.19 bits per heavy atom. The first-order chi connectivity index (χ1) is 10.2. The first kappa shape index (κ1) is 14.7. The molecule has 1 aromatic rings. The Morgan fingerprint density at radius 3 is 3.10 bits per heavy atom. The van der Waals surface area contributed by atoms with E-state index in [-0.39, 0.29) is 12.1 Å².